The minimum absolute atomic E-state index is 0.289. The van der Waals surface area contributed by atoms with Gasteiger partial charge in [0.25, 0.3) is 5.91 Å². The molecule has 0 unspecified atom stereocenters. The van der Waals surface area contributed by atoms with E-state index in [2.05, 4.69) is 5.32 Å². The van der Waals surface area contributed by atoms with Crippen LogP contribution in [0.3, 0.4) is 0 Å². The monoisotopic (exact) mass is 240 g/mol. The van der Waals surface area contributed by atoms with E-state index in [1.165, 1.54) is 6.26 Å². The zero-order valence-corrected chi connectivity index (χ0v) is 10.2. The standard InChI is InChI=1S/C14H12N2O2/c1-9-3-4-11(8-15)7-12(9)16-14(17)13-10(2)5-6-18-13/h3-7H,1-2H3,(H,16,17). The van der Waals surface area contributed by atoms with Gasteiger partial charge < -0.3 is 9.73 Å². The minimum atomic E-state index is -0.310. The molecule has 0 atom stereocenters. The van der Waals surface area contributed by atoms with E-state index in [9.17, 15) is 4.79 Å². The van der Waals surface area contributed by atoms with Crippen molar-refractivity contribution in [3.8, 4) is 6.07 Å². The molecule has 4 heteroatoms. The molecule has 0 aliphatic carbocycles. The number of furan rings is 1. The van der Waals surface area contributed by atoms with E-state index in [-0.39, 0.29) is 11.7 Å². The van der Waals surface area contributed by atoms with Crippen molar-refractivity contribution in [3.05, 3.63) is 53.0 Å². The second-order valence-corrected chi connectivity index (χ2v) is 4.03. The largest absolute Gasteiger partial charge is 0.459 e. The van der Waals surface area contributed by atoms with Crippen LogP contribution in [0.5, 0.6) is 0 Å². The number of benzene rings is 1. The molecule has 90 valence electrons. The molecule has 0 spiro atoms. The van der Waals surface area contributed by atoms with Gasteiger partial charge in [-0.25, -0.2) is 0 Å². The van der Waals surface area contributed by atoms with E-state index in [4.69, 9.17) is 9.68 Å². The first-order valence-electron chi connectivity index (χ1n) is 5.48. The number of aryl methyl sites for hydroxylation is 2. The van der Waals surface area contributed by atoms with Crippen LogP contribution in [0.15, 0.2) is 34.9 Å². The lowest BCUT2D eigenvalue weighted by Gasteiger charge is -2.07. The average molecular weight is 240 g/mol. The van der Waals surface area contributed by atoms with Crippen LogP contribution in [0.4, 0.5) is 5.69 Å². The van der Waals surface area contributed by atoms with Gasteiger partial charge in [-0.05, 0) is 37.6 Å². The number of carbonyl (C=O) groups is 1. The second kappa shape index (κ2) is 4.76. The Morgan fingerprint density at radius 2 is 2.06 bits per heavy atom. The van der Waals surface area contributed by atoms with Crippen molar-refractivity contribution in [3.63, 3.8) is 0 Å². The zero-order valence-electron chi connectivity index (χ0n) is 10.2. The molecule has 0 bridgehead atoms. The number of hydrogen-bond acceptors (Lipinski definition) is 3. The number of rotatable bonds is 2. The Morgan fingerprint density at radius 3 is 2.67 bits per heavy atom. The lowest BCUT2D eigenvalue weighted by atomic mass is 10.1. The van der Waals surface area contributed by atoms with Gasteiger partial charge in [0.05, 0.1) is 17.9 Å². The lowest BCUT2D eigenvalue weighted by molar-refractivity contribution is 0.0996. The van der Waals surface area contributed by atoms with Crippen LogP contribution in [0.25, 0.3) is 0 Å². The van der Waals surface area contributed by atoms with Gasteiger partial charge >= 0.3 is 0 Å². The normalized spacial score (nSPS) is 9.83. The predicted octanol–water partition coefficient (Wildman–Crippen LogP) is 3.02. The van der Waals surface area contributed by atoms with Crippen molar-refractivity contribution in [1.82, 2.24) is 0 Å². The minimum Gasteiger partial charge on any atom is -0.459 e. The van der Waals surface area contributed by atoms with Crippen LogP contribution in [0, 0.1) is 25.2 Å². The fourth-order valence-electron chi connectivity index (χ4n) is 1.61. The summed E-state index contributed by atoms with van der Waals surface area (Å²) in [5, 5.41) is 11.6. The third kappa shape index (κ3) is 2.25. The average Bonchev–Trinajstić information content (AvgIpc) is 2.78. The topological polar surface area (TPSA) is 66.0 Å². The molecule has 1 aromatic heterocycles. The van der Waals surface area contributed by atoms with Gasteiger partial charge in [-0.1, -0.05) is 6.07 Å². The number of nitrogens with one attached hydrogen (secondary N) is 1. The molecule has 0 fully saturated rings. The van der Waals surface area contributed by atoms with Crippen molar-refractivity contribution in [2.75, 3.05) is 5.32 Å². The van der Waals surface area contributed by atoms with Gasteiger partial charge in [-0.2, -0.15) is 5.26 Å². The third-order valence-corrected chi connectivity index (χ3v) is 2.68. The molecule has 2 aromatic rings. The van der Waals surface area contributed by atoms with E-state index in [0.717, 1.165) is 11.1 Å². The highest BCUT2D eigenvalue weighted by atomic mass is 16.3. The maximum absolute atomic E-state index is 12.0. The first kappa shape index (κ1) is 11.9. The van der Waals surface area contributed by atoms with E-state index < -0.39 is 0 Å². The number of nitrogens with zero attached hydrogens (tertiary/aromatic N) is 1. The van der Waals surface area contributed by atoms with Gasteiger partial charge in [0.1, 0.15) is 0 Å². The molecule has 18 heavy (non-hydrogen) atoms. The molecule has 0 saturated heterocycles. The molecule has 1 amide bonds. The van der Waals surface area contributed by atoms with Crippen molar-refractivity contribution in [1.29, 1.82) is 5.26 Å². The highest BCUT2D eigenvalue weighted by Crippen LogP contribution is 2.18. The van der Waals surface area contributed by atoms with Crippen LogP contribution in [0.2, 0.25) is 0 Å². The van der Waals surface area contributed by atoms with Crippen molar-refractivity contribution in [2.24, 2.45) is 0 Å². The Labute approximate surface area is 105 Å². The lowest BCUT2D eigenvalue weighted by Crippen LogP contribution is -2.13. The Morgan fingerprint density at radius 1 is 1.28 bits per heavy atom. The summed E-state index contributed by atoms with van der Waals surface area (Å²) in [6, 6.07) is 8.92. The van der Waals surface area contributed by atoms with E-state index in [0.29, 0.717) is 11.3 Å². The smallest absolute Gasteiger partial charge is 0.291 e. The maximum Gasteiger partial charge on any atom is 0.291 e. The number of nitriles is 1. The first-order valence-corrected chi connectivity index (χ1v) is 5.48. The number of amides is 1. The zero-order chi connectivity index (χ0) is 13.1. The van der Waals surface area contributed by atoms with E-state index in [1.807, 2.05) is 13.0 Å². The van der Waals surface area contributed by atoms with Crippen molar-refractivity contribution < 1.29 is 9.21 Å². The summed E-state index contributed by atoms with van der Waals surface area (Å²) in [5.41, 5.74) is 2.80. The Bertz CT molecular complexity index is 635. The van der Waals surface area contributed by atoms with Gasteiger partial charge in [0.15, 0.2) is 5.76 Å². The summed E-state index contributed by atoms with van der Waals surface area (Å²) in [6.07, 6.45) is 1.48. The van der Waals surface area contributed by atoms with Gasteiger partial charge in [0.2, 0.25) is 0 Å². The molecule has 1 aromatic carbocycles. The summed E-state index contributed by atoms with van der Waals surface area (Å²) in [7, 11) is 0. The van der Waals surface area contributed by atoms with E-state index >= 15 is 0 Å². The molecular formula is C14H12N2O2. The summed E-state index contributed by atoms with van der Waals surface area (Å²) < 4.78 is 5.12. The molecular weight excluding hydrogens is 228 g/mol. The van der Waals surface area contributed by atoms with Gasteiger partial charge in [-0.15, -0.1) is 0 Å². The van der Waals surface area contributed by atoms with Crippen LogP contribution in [0.1, 0.15) is 27.2 Å². The summed E-state index contributed by atoms with van der Waals surface area (Å²) >= 11 is 0. The molecule has 4 nitrogen and oxygen atoms in total. The molecule has 0 saturated carbocycles. The summed E-state index contributed by atoms with van der Waals surface area (Å²) in [4.78, 5) is 12.0. The number of hydrogen-bond donors (Lipinski definition) is 1. The van der Waals surface area contributed by atoms with Crippen LogP contribution < -0.4 is 5.32 Å². The molecule has 2 rings (SSSR count). The highest BCUT2D eigenvalue weighted by Gasteiger charge is 2.13. The van der Waals surface area contributed by atoms with Crippen molar-refractivity contribution in [2.45, 2.75) is 13.8 Å². The number of anilines is 1. The molecule has 0 aliphatic heterocycles. The summed E-state index contributed by atoms with van der Waals surface area (Å²) in [5.74, 6) is -0.0209. The fourth-order valence-corrected chi connectivity index (χ4v) is 1.61. The molecule has 0 aliphatic rings. The van der Waals surface area contributed by atoms with Gasteiger partial charge in [0, 0.05) is 11.3 Å². The summed E-state index contributed by atoms with van der Waals surface area (Å²) in [6.45, 7) is 3.67. The van der Waals surface area contributed by atoms with Crippen molar-refractivity contribution >= 4 is 11.6 Å². The Kier molecular flexibility index (Phi) is 3.16. The highest BCUT2D eigenvalue weighted by molar-refractivity contribution is 6.03. The van der Waals surface area contributed by atoms with Gasteiger partial charge in [-0.3, -0.25) is 4.79 Å². The maximum atomic E-state index is 12.0. The Hall–Kier alpha value is -2.54. The predicted molar refractivity (Wildman–Crippen MR) is 67.3 cm³/mol. The second-order valence-electron chi connectivity index (χ2n) is 4.03. The quantitative estimate of drug-likeness (QED) is 0.877. The third-order valence-electron chi connectivity index (χ3n) is 2.68. The fraction of sp³-hybridized carbons (Fsp3) is 0.143. The Balaban J connectivity index is 2.27. The van der Waals surface area contributed by atoms with Crippen LogP contribution >= 0.6 is 0 Å². The molecule has 1 heterocycles. The molecule has 1 N–H and O–H groups in total. The number of carbonyl (C=O) groups excluding carboxylic acids is 1. The van der Waals surface area contributed by atoms with Crippen LogP contribution in [-0.2, 0) is 0 Å². The van der Waals surface area contributed by atoms with Crippen LogP contribution in [-0.4, -0.2) is 5.91 Å². The SMILES string of the molecule is Cc1ccc(C#N)cc1NC(=O)c1occc1C. The first-order chi connectivity index (χ1) is 8.61. The molecule has 0 radical (unpaired) electrons. The van der Waals surface area contributed by atoms with E-state index in [1.54, 1.807) is 31.2 Å².